The molecule has 1 amide bonds. The molecule has 1 atom stereocenters. The molecule has 6 nitrogen and oxygen atoms in total. The second-order valence-corrected chi connectivity index (χ2v) is 4.04. The lowest BCUT2D eigenvalue weighted by molar-refractivity contribution is -0.146. The maximum atomic E-state index is 11.6. The molecule has 0 aliphatic heterocycles. The van der Waals surface area contributed by atoms with Gasteiger partial charge in [-0.25, -0.2) is 4.79 Å². The Labute approximate surface area is 108 Å². The third-order valence-electron chi connectivity index (χ3n) is 2.25. The van der Waals surface area contributed by atoms with Crippen LogP contribution in [0.25, 0.3) is 0 Å². The normalized spacial score (nSPS) is 11.9. The van der Waals surface area contributed by atoms with Crippen LogP contribution in [-0.4, -0.2) is 34.7 Å². The average Bonchev–Trinajstić information content (AvgIpc) is 2.32. The number of aliphatic hydroxyl groups is 1. The first-order valence-corrected chi connectivity index (χ1v) is 5.53. The van der Waals surface area contributed by atoms with E-state index in [4.69, 9.17) is 27.5 Å². The molecule has 0 fully saturated rings. The van der Waals surface area contributed by atoms with Crippen LogP contribution >= 0.6 is 11.6 Å². The maximum Gasteiger partial charge on any atom is 0.332 e. The van der Waals surface area contributed by atoms with Gasteiger partial charge in [-0.1, -0.05) is 11.6 Å². The van der Waals surface area contributed by atoms with Crippen molar-refractivity contribution in [1.29, 1.82) is 0 Å². The summed E-state index contributed by atoms with van der Waals surface area (Å²) in [5.41, 5.74) is 6.15. The Kier molecular flexibility index (Phi) is 4.94. The van der Waals surface area contributed by atoms with Gasteiger partial charge in [-0.15, -0.1) is 0 Å². The Morgan fingerprint density at radius 1 is 1.44 bits per heavy atom. The maximum absolute atomic E-state index is 11.6. The van der Waals surface area contributed by atoms with Crippen molar-refractivity contribution < 1.29 is 19.8 Å². The van der Waals surface area contributed by atoms with Crippen molar-refractivity contribution >= 4 is 29.2 Å². The van der Waals surface area contributed by atoms with Crippen LogP contribution in [0.1, 0.15) is 16.8 Å². The number of amides is 1. The van der Waals surface area contributed by atoms with Gasteiger partial charge in [0.15, 0.2) is 6.10 Å². The van der Waals surface area contributed by atoms with E-state index in [-0.39, 0.29) is 18.7 Å². The Hall–Kier alpha value is -1.79. The minimum atomic E-state index is -1.49. The van der Waals surface area contributed by atoms with Crippen molar-refractivity contribution in [2.45, 2.75) is 12.5 Å². The molecule has 0 radical (unpaired) electrons. The number of nitrogens with one attached hydrogen (secondary N) is 1. The molecule has 0 aliphatic rings. The molecule has 0 heterocycles. The largest absolute Gasteiger partial charge is 0.479 e. The van der Waals surface area contributed by atoms with Crippen LogP contribution in [-0.2, 0) is 4.79 Å². The molecule has 1 rings (SSSR count). The summed E-state index contributed by atoms with van der Waals surface area (Å²) in [5.74, 6) is -1.73. The molecular weight excluding hydrogens is 260 g/mol. The second kappa shape index (κ2) is 6.23. The van der Waals surface area contributed by atoms with Gasteiger partial charge in [-0.2, -0.15) is 0 Å². The number of carbonyl (C=O) groups is 2. The monoisotopic (exact) mass is 272 g/mol. The molecule has 18 heavy (non-hydrogen) atoms. The molecule has 0 spiro atoms. The van der Waals surface area contributed by atoms with Gasteiger partial charge in [-0.3, -0.25) is 4.79 Å². The number of benzene rings is 1. The van der Waals surface area contributed by atoms with Gasteiger partial charge in [-0.05, 0) is 18.2 Å². The number of hydrogen-bond acceptors (Lipinski definition) is 4. The van der Waals surface area contributed by atoms with Gasteiger partial charge in [0.2, 0.25) is 0 Å². The summed E-state index contributed by atoms with van der Waals surface area (Å²) in [5, 5.41) is 20.3. The smallest absolute Gasteiger partial charge is 0.332 e. The van der Waals surface area contributed by atoms with E-state index in [1.807, 2.05) is 0 Å². The first-order valence-electron chi connectivity index (χ1n) is 5.16. The number of carboxylic acid groups (broad SMARTS) is 1. The fourth-order valence-electron chi connectivity index (χ4n) is 1.23. The van der Waals surface area contributed by atoms with Crippen molar-refractivity contribution in [2.75, 3.05) is 12.3 Å². The number of aliphatic hydroxyl groups excluding tert-OH is 1. The number of nitrogens with two attached hydrogens (primary N) is 1. The summed E-state index contributed by atoms with van der Waals surface area (Å²) in [6.07, 6.45) is -1.55. The molecule has 0 bridgehead atoms. The van der Waals surface area contributed by atoms with Crippen LogP contribution in [0.3, 0.4) is 0 Å². The van der Waals surface area contributed by atoms with Crippen LogP contribution < -0.4 is 11.1 Å². The van der Waals surface area contributed by atoms with E-state index in [0.717, 1.165) is 0 Å². The molecular formula is C11H13ClN2O4. The summed E-state index contributed by atoms with van der Waals surface area (Å²) in [7, 11) is 0. The highest BCUT2D eigenvalue weighted by Crippen LogP contribution is 2.19. The number of anilines is 1. The standard InChI is InChI=1S/C11H13ClN2O4/c12-7-2-1-6(5-8(7)13)10(16)14-4-3-9(15)11(17)18/h1-2,5,9,15H,3-4,13H2,(H,14,16)(H,17,18)/t9-/m0/s1. The summed E-state index contributed by atoms with van der Waals surface area (Å²) < 4.78 is 0. The predicted octanol–water partition coefficient (Wildman–Crippen LogP) is 0.488. The van der Waals surface area contributed by atoms with Crippen LogP contribution in [0, 0.1) is 0 Å². The fraction of sp³-hybridized carbons (Fsp3) is 0.273. The molecule has 0 unspecified atom stereocenters. The summed E-state index contributed by atoms with van der Waals surface area (Å²) in [6.45, 7) is 0.0504. The minimum absolute atomic E-state index is 0.0504. The molecule has 1 aromatic rings. The lowest BCUT2D eigenvalue weighted by Gasteiger charge is -2.08. The topological polar surface area (TPSA) is 113 Å². The number of aliphatic carboxylic acids is 1. The van der Waals surface area contributed by atoms with Gasteiger partial charge in [0.1, 0.15) is 0 Å². The van der Waals surface area contributed by atoms with E-state index in [1.165, 1.54) is 18.2 Å². The number of carbonyl (C=O) groups excluding carboxylic acids is 1. The Bertz CT molecular complexity index is 464. The highest BCUT2D eigenvalue weighted by molar-refractivity contribution is 6.33. The first kappa shape index (κ1) is 14.3. The molecule has 0 saturated carbocycles. The van der Waals surface area contributed by atoms with Crippen molar-refractivity contribution in [2.24, 2.45) is 0 Å². The third-order valence-corrected chi connectivity index (χ3v) is 2.59. The number of carboxylic acids is 1. The van der Waals surface area contributed by atoms with Gasteiger partial charge in [0, 0.05) is 18.5 Å². The average molecular weight is 273 g/mol. The molecule has 98 valence electrons. The minimum Gasteiger partial charge on any atom is -0.479 e. The second-order valence-electron chi connectivity index (χ2n) is 3.63. The Morgan fingerprint density at radius 2 is 2.11 bits per heavy atom. The molecule has 0 aliphatic carbocycles. The van der Waals surface area contributed by atoms with E-state index in [0.29, 0.717) is 10.6 Å². The van der Waals surface area contributed by atoms with Crippen molar-refractivity contribution in [1.82, 2.24) is 5.32 Å². The zero-order valence-electron chi connectivity index (χ0n) is 9.39. The van der Waals surface area contributed by atoms with E-state index in [9.17, 15) is 9.59 Å². The summed E-state index contributed by atoms with van der Waals surface area (Å²) >= 11 is 5.71. The SMILES string of the molecule is Nc1cc(C(=O)NCC[C@H](O)C(=O)O)ccc1Cl. The van der Waals surface area contributed by atoms with Crippen molar-refractivity contribution in [3.8, 4) is 0 Å². The highest BCUT2D eigenvalue weighted by atomic mass is 35.5. The van der Waals surface area contributed by atoms with Crippen LogP contribution in [0.4, 0.5) is 5.69 Å². The molecule has 5 N–H and O–H groups in total. The lowest BCUT2D eigenvalue weighted by Crippen LogP contribution is -2.30. The van der Waals surface area contributed by atoms with Crippen molar-refractivity contribution in [3.05, 3.63) is 28.8 Å². The van der Waals surface area contributed by atoms with E-state index in [2.05, 4.69) is 5.32 Å². The zero-order valence-corrected chi connectivity index (χ0v) is 10.1. The van der Waals surface area contributed by atoms with E-state index >= 15 is 0 Å². The number of rotatable bonds is 5. The first-order chi connectivity index (χ1) is 8.41. The van der Waals surface area contributed by atoms with E-state index < -0.39 is 18.0 Å². The Morgan fingerprint density at radius 3 is 2.67 bits per heavy atom. The van der Waals surface area contributed by atoms with Crippen molar-refractivity contribution in [3.63, 3.8) is 0 Å². The van der Waals surface area contributed by atoms with Crippen LogP contribution in [0.5, 0.6) is 0 Å². The molecule has 0 aromatic heterocycles. The summed E-state index contributed by atoms with van der Waals surface area (Å²) in [4.78, 5) is 22.0. The number of nitrogen functional groups attached to an aromatic ring is 1. The third kappa shape index (κ3) is 3.90. The van der Waals surface area contributed by atoms with Gasteiger partial charge in [0.25, 0.3) is 5.91 Å². The number of halogens is 1. The van der Waals surface area contributed by atoms with Gasteiger partial charge < -0.3 is 21.3 Å². The fourth-order valence-corrected chi connectivity index (χ4v) is 1.35. The molecule has 7 heteroatoms. The van der Waals surface area contributed by atoms with E-state index in [1.54, 1.807) is 0 Å². The summed E-state index contributed by atoms with van der Waals surface area (Å²) in [6, 6.07) is 4.42. The number of hydrogen-bond donors (Lipinski definition) is 4. The van der Waals surface area contributed by atoms with Crippen LogP contribution in [0.15, 0.2) is 18.2 Å². The molecule has 0 saturated heterocycles. The van der Waals surface area contributed by atoms with Gasteiger partial charge in [0.05, 0.1) is 10.7 Å². The predicted molar refractivity (Wildman–Crippen MR) is 66.5 cm³/mol. The quantitative estimate of drug-likeness (QED) is 0.583. The highest BCUT2D eigenvalue weighted by Gasteiger charge is 2.13. The Balaban J connectivity index is 2.50. The molecule has 1 aromatic carbocycles. The van der Waals surface area contributed by atoms with Crippen LogP contribution in [0.2, 0.25) is 5.02 Å². The van der Waals surface area contributed by atoms with Gasteiger partial charge >= 0.3 is 5.97 Å². The zero-order chi connectivity index (χ0) is 13.7. The lowest BCUT2D eigenvalue weighted by atomic mass is 10.2.